The van der Waals surface area contributed by atoms with Crippen molar-refractivity contribution in [2.45, 2.75) is 38.8 Å². The highest BCUT2D eigenvalue weighted by molar-refractivity contribution is 5.73. The van der Waals surface area contributed by atoms with E-state index in [1.165, 1.54) is 0 Å². The molecule has 0 aliphatic carbocycles. The average molecular weight is 295 g/mol. The third-order valence-electron chi connectivity index (χ3n) is 3.31. The third kappa shape index (κ3) is 5.73. The lowest BCUT2D eigenvalue weighted by molar-refractivity contribution is -0.139. The summed E-state index contributed by atoms with van der Waals surface area (Å²) in [5.74, 6) is 0.0928. The molecule has 0 aliphatic heterocycles. The summed E-state index contributed by atoms with van der Waals surface area (Å²) in [5, 5.41) is 22.3. The van der Waals surface area contributed by atoms with Crippen LogP contribution in [0.3, 0.4) is 0 Å². The minimum atomic E-state index is -0.851. The van der Waals surface area contributed by atoms with E-state index in [1.807, 2.05) is 32.0 Å². The van der Waals surface area contributed by atoms with E-state index < -0.39 is 18.1 Å². The molecule has 2 unspecified atom stereocenters. The number of carbonyl (C=O) groups is 1. The van der Waals surface area contributed by atoms with Crippen LogP contribution in [-0.4, -0.2) is 35.9 Å². The Morgan fingerprint density at radius 3 is 2.57 bits per heavy atom. The van der Waals surface area contributed by atoms with Crippen molar-refractivity contribution in [3.63, 3.8) is 0 Å². The van der Waals surface area contributed by atoms with Crippen LogP contribution in [0.25, 0.3) is 0 Å². The molecule has 1 aromatic rings. The summed E-state index contributed by atoms with van der Waals surface area (Å²) < 4.78 is 5.21. The average Bonchev–Trinajstić information content (AvgIpc) is 2.45. The first-order valence-corrected chi connectivity index (χ1v) is 7.22. The molecule has 21 heavy (non-hydrogen) atoms. The summed E-state index contributed by atoms with van der Waals surface area (Å²) in [6.45, 7) is 4.41. The van der Waals surface area contributed by atoms with Crippen molar-refractivity contribution in [3.8, 4) is 5.75 Å². The number of carboxylic acid groups (broad SMARTS) is 1. The quantitative estimate of drug-likeness (QED) is 0.651. The number of ether oxygens (including phenoxy) is 1. The second kappa shape index (κ2) is 8.64. The SMILES string of the molecule is COc1ccccc1C(O)CCNC(CC(C)C)C(=O)O. The van der Waals surface area contributed by atoms with Gasteiger partial charge in [-0.3, -0.25) is 4.79 Å². The van der Waals surface area contributed by atoms with Gasteiger partial charge in [0.15, 0.2) is 0 Å². The summed E-state index contributed by atoms with van der Waals surface area (Å²) >= 11 is 0. The molecule has 0 fully saturated rings. The van der Waals surface area contributed by atoms with Crippen LogP contribution in [0.2, 0.25) is 0 Å². The number of aliphatic hydroxyl groups is 1. The number of rotatable bonds is 9. The van der Waals surface area contributed by atoms with Crippen LogP contribution < -0.4 is 10.1 Å². The van der Waals surface area contributed by atoms with Gasteiger partial charge in [0.2, 0.25) is 0 Å². The van der Waals surface area contributed by atoms with Gasteiger partial charge in [-0.05, 0) is 31.4 Å². The predicted octanol–water partition coefficient (Wildman–Crippen LogP) is 2.21. The molecule has 118 valence electrons. The lowest BCUT2D eigenvalue weighted by atomic mass is 10.0. The molecule has 0 bridgehead atoms. The molecular formula is C16H25NO4. The number of methoxy groups -OCH3 is 1. The Labute approximate surface area is 125 Å². The highest BCUT2D eigenvalue weighted by Crippen LogP contribution is 2.26. The number of carboxylic acids is 1. The van der Waals surface area contributed by atoms with E-state index >= 15 is 0 Å². The minimum Gasteiger partial charge on any atom is -0.496 e. The second-order valence-corrected chi connectivity index (χ2v) is 5.52. The standard InChI is InChI=1S/C16H25NO4/c1-11(2)10-13(16(19)20)17-9-8-14(18)12-6-4-5-7-15(12)21-3/h4-7,11,13-14,17-18H,8-10H2,1-3H3,(H,19,20). The maximum atomic E-state index is 11.1. The predicted molar refractivity (Wildman–Crippen MR) is 81.5 cm³/mol. The molecule has 1 aromatic carbocycles. The van der Waals surface area contributed by atoms with Crippen molar-refractivity contribution in [2.75, 3.05) is 13.7 Å². The van der Waals surface area contributed by atoms with Crippen LogP contribution in [0.15, 0.2) is 24.3 Å². The maximum absolute atomic E-state index is 11.1. The molecule has 3 N–H and O–H groups in total. The summed E-state index contributed by atoms with van der Waals surface area (Å²) in [6.07, 6.45) is 0.324. The number of hydrogen-bond donors (Lipinski definition) is 3. The van der Waals surface area contributed by atoms with Crippen molar-refractivity contribution < 1.29 is 19.7 Å². The Morgan fingerprint density at radius 2 is 2.00 bits per heavy atom. The first-order valence-electron chi connectivity index (χ1n) is 7.22. The second-order valence-electron chi connectivity index (χ2n) is 5.52. The van der Waals surface area contributed by atoms with E-state index in [0.717, 1.165) is 5.56 Å². The van der Waals surface area contributed by atoms with Crippen molar-refractivity contribution >= 4 is 5.97 Å². The topological polar surface area (TPSA) is 78.8 Å². The van der Waals surface area contributed by atoms with Gasteiger partial charge in [-0.2, -0.15) is 0 Å². The van der Waals surface area contributed by atoms with Crippen molar-refractivity contribution in [3.05, 3.63) is 29.8 Å². The smallest absolute Gasteiger partial charge is 0.320 e. The van der Waals surface area contributed by atoms with Gasteiger partial charge in [-0.15, -0.1) is 0 Å². The van der Waals surface area contributed by atoms with Gasteiger partial charge < -0.3 is 20.3 Å². The van der Waals surface area contributed by atoms with E-state index in [4.69, 9.17) is 9.84 Å². The Morgan fingerprint density at radius 1 is 1.33 bits per heavy atom. The van der Waals surface area contributed by atoms with E-state index in [9.17, 15) is 9.90 Å². The normalized spacial score (nSPS) is 14.0. The van der Waals surface area contributed by atoms with Gasteiger partial charge in [0, 0.05) is 5.56 Å². The Balaban J connectivity index is 2.52. The fourth-order valence-electron chi connectivity index (χ4n) is 2.23. The Kier molecular flexibility index (Phi) is 7.19. The molecule has 0 saturated heterocycles. The molecule has 0 radical (unpaired) electrons. The van der Waals surface area contributed by atoms with E-state index in [1.54, 1.807) is 13.2 Å². The molecule has 0 spiro atoms. The van der Waals surface area contributed by atoms with Crippen LogP contribution in [0.4, 0.5) is 0 Å². The molecule has 0 amide bonds. The Bertz CT molecular complexity index is 448. The maximum Gasteiger partial charge on any atom is 0.320 e. The number of para-hydroxylation sites is 1. The van der Waals surface area contributed by atoms with Crippen LogP contribution in [0, 0.1) is 5.92 Å². The number of aliphatic carboxylic acids is 1. The zero-order chi connectivity index (χ0) is 15.8. The summed E-state index contributed by atoms with van der Waals surface area (Å²) in [5.41, 5.74) is 0.720. The van der Waals surface area contributed by atoms with Gasteiger partial charge >= 0.3 is 5.97 Å². The summed E-state index contributed by atoms with van der Waals surface area (Å²) in [6, 6.07) is 6.72. The number of aliphatic hydroxyl groups excluding tert-OH is 1. The number of nitrogens with one attached hydrogen (secondary N) is 1. The monoisotopic (exact) mass is 295 g/mol. The minimum absolute atomic E-state index is 0.303. The molecule has 0 aliphatic rings. The van der Waals surface area contributed by atoms with Gasteiger partial charge in [-0.1, -0.05) is 32.0 Å². The first-order chi connectivity index (χ1) is 9.95. The van der Waals surface area contributed by atoms with Gasteiger partial charge in [0.25, 0.3) is 0 Å². The first kappa shape index (κ1) is 17.5. The largest absolute Gasteiger partial charge is 0.496 e. The van der Waals surface area contributed by atoms with E-state index in [-0.39, 0.29) is 0 Å². The third-order valence-corrected chi connectivity index (χ3v) is 3.31. The summed E-state index contributed by atoms with van der Waals surface area (Å²) in [4.78, 5) is 11.1. The molecule has 5 nitrogen and oxygen atoms in total. The zero-order valence-electron chi connectivity index (χ0n) is 12.9. The number of benzene rings is 1. The lowest BCUT2D eigenvalue weighted by Gasteiger charge is -2.19. The van der Waals surface area contributed by atoms with E-state index in [0.29, 0.717) is 31.1 Å². The van der Waals surface area contributed by atoms with Crippen LogP contribution in [0.5, 0.6) is 5.75 Å². The molecule has 0 heterocycles. The van der Waals surface area contributed by atoms with Crippen molar-refractivity contribution in [2.24, 2.45) is 5.92 Å². The fourth-order valence-corrected chi connectivity index (χ4v) is 2.23. The highest BCUT2D eigenvalue weighted by Gasteiger charge is 2.19. The van der Waals surface area contributed by atoms with Crippen molar-refractivity contribution in [1.82, 2.24) is 5.32 Å². The zero-order valence-corrected chi connectivity index (χ0v) is 12.9. The Hall–Kier alpha value is -1.59. The van der Waals surface area contributed by atoms with Crippen LogP contribution in [-0.2, 0) is 4.79 Å². The van der Waals surface area contributed by atoms with Gasteiger partial charge in [-0.25, -0.2) is 0 Å². The molecule has 0 saturated carbocycles. The molecule has 1 rings (SSSR count). The molecule has 2 atom stereocenters. The van der Waals surface area contributed by atoms with E-state index in [2.05, 4.69) is 5.32 Å². The molecule has 5 heteroatoms. The summed E-state index contributed by atoms with van der Waals surface area (Å²) in [7, 11) is 1.56. The number of hydrogen-bond acceptors (Lipinski definition) is 4. The van der Waals surface area contributed by atoms with Gasteiger partial charge in [0.1, 0.15) is 11.8 Å². The van der Waals surface area contributed by atoms with Crippen molar-refractivity contribution in [1.29, 1.82) is 0 Å². The molecular weight excluding hydrogens is 270 g/mol. The van der Waals surface area contributed by atoms with Gasteiger partial charge in [0.05, 0.1) is 13.2 Å². The lowest BCUT2D eigenvalue weighted by Crippen LogP contribution is -2.38. The fraction of sp³-hybridized carbons (Fsp3) is 0.562. The molecule has 0 aromatic heterocycles. The van der Waals surface area contributed by atoms with Crippen LogP contribution >= 0.6 is 0 Å². The highest BCUT2D eigenvalue weighted by atomic mass is 16.5. The van der Waals surface area contributed by atoms with Crippen LogP contribution in [0.1, 0.15) is 38.4 Å².